The fourth-order valence-corrected chi connectivity index (χ4v) is 3.06. The van der Waals surface area contributed by atoms with E-state index in [4.69, 9.17) is 23.7 Å². The standard InChI is InChI=1S/C21H22F3NO10/c1-10(26)31-14-15(32-11(2)27)17(33-12(3)28)19(34-16(14)18(29)30-4)35-20(21(22,23)24)25-13-8-6-5-7-9-13/h5-9,14-17,19H,1-4H3/t14-,15-,16-,17+,19+/m0/s1. The molecule has 0 aliphatic carbocycles. The molecule has 2 rings (SSSR count). The van der Waals surface area contributed by atoms with Gasteiger partial charge in [0.25, 0.3) is 5.90 Å². The lowest BCUT2D eigenvalue weighted by Crippen LogP contribution is -2.64. The Morgan fingerprint density at radius 2 is 1.34 bits per heavy atom. The highest BCUT2D eigenvalue weighted by Gasteiger charge is 2.57. The second kappa shape index (κ2) is 11.6. The first kappa shape index (κ1) is 27.6. The van der Waals surface area contributed by atoms with Gasteiger partial charge in [-0.3, -0.25) is 14.4 Å². The quantitative estimate of drug-likeness (QED) is 0.244. The fraction of sp³-hybridized carbons (Fsp3) is 0.476. The maximum atomic E-state index is 13.8. The summed E-state index contributed by atoms with van der Waals surface area (Å²) in [5.41, 5.74) is -0.140. The lowest BCUT2D eigenvalue weighted by molar-refractivity contribution is -0.288. The fourth-order valence-electron chi connectivity index (χ4n) is 3.06. The highest BCUT2D eigenvalue weighted by atomic mass is 19.4. The average molecular weight is 505 g/mol. The van der Waals surface area contributed by atoms with E-state index in [1.807, 2.05) is 0 Å². The van der Waals surface area contributed by atoms with E-state index in [1.54, 1.807) is 6.07 Å². The van der Waals surface area contributed by atoms with E-state index in [2.05, 4.69) is 9.73 Å². The number of halogens is 3. The van der Waals surface area contributed by atoms with E-state index in [1.165, 1.54) is 24.3 Å². The van der Waals surface area contributed by atoms with Gasteiger partial charge in [0.15, 0.2) is 18.3 Å². The van der Waals surface area contributed by atoms with Gasteiger partial charge in [-0.1, -0.05) is 18.2 Å². The highest BCUT2D eigenvalue weighted by Crippen LogP contribution is 2.32. The first-order chi connectivity index (χ1) is 16.3. The number of para-hydroxylation sites is 1. The highest BCUT2D eigenvalue weighted by molar-refractivity contribution is 5.85. The third-order valence-corrected chi connectivity index (χ3v) is 4.29. The van der Waals surface area contributed by atoms with Crippen molar-refractivity contribution in [2.24, 2.45) is 4.99 Å². The number of esters is 4. The summed E-state index contributed by atoms with van der Waals surface area (Å²) in [6.07, 6.45) is -14.8. The maximum Gasteiger partial charge on any atom is 0.468 e. The molecular formula is C21H22F3NO10. The number of benzene rings is 1. The van der Waals surface area contributed by atoms with Crippen molar-refractivity contribution in [3.8, 4) is 0 Å². The minimum absolute atomic E-state index is 0.140. The van der Waals surface area contributed by atoms with Crippen LogP contribution < -0.4 is 0 Å². The summed E-state index contributed by atoms with van der Waals surface area (Å²) in [6.45, 7) is 2.81. The SMILES string of the molecule is COC(=O)[C@H]1O[C@H](OC(=Nc2ccccc2)C(F)(F)F)[C@H](OC(C)=O)[C@@H](OC(C)=O)[C@@H]1OC(C)=O. The zero-order valence-electron chi connectivity index (χ0n) is 18.9. The number of methoxy groups -OCH3 is 1. The summed E-state index contributed by atoms with van der Waals surface area (Å²) < 4.78 is 71.3. The van der Waals surface area contributed by atoms with Gasteiger partial charge in [-0.05, 0) is 12.1 Å². The second-order valence-electron chi connectivity index (χ2n) is 7.04. The molecule has 192 valence electrons. The van der Waals surface area contributed by atoms with Crippen LogP contribution in [0.25, 0.3) is 0 Å². The molecule has 1 saturated heterocycles. The smallest absolute Gasteiger partial charge is 0.467 e. The van der Waals surface area contributed by atoms with Crippen LogP contribution in [0.3, 0.4) is 0 Å². The third-order valence-electron chi connectivity index (χ3n) is 4.29. The van der Waals surface area contributed by atoms with E-state index in [-0.39, 0.29) is 5.69 Å². The lowest BCUT2D eigenvalue weighted by Gasteiger charge is -2.43. The van der Waals surface area contributed by atoms with Gasteiger partial charge >= 0.3 is 30.1 Å². The van der Waals surface area contributed by atoms with Crippen molar-refractivity contribution < 1.29 is 60.8 Å². The summed E-state index contributed by atoms with van der Waals surface area (Å²) in [4.78, 5) is 50.9. The predicted octanol–water partition coefficient (Wildman–Crippen LogP) is 1.99. The first-order valence-corrected chi connectivity index (χ1v) is 9.96. The van der Waals surface area contributed by atoms with Gasteiger partial charge < -0.3 is 28.4 Å². The van der Waals surface area contributed by atoms with Crippen molar-refractivity contribution in [2.45, 2.75) is 57.7 Å². The van der Waals surface area contributed by atoms with Crippen LogP contribution in [0.1, 0.15) is 20.8 Å². The molecule has 1 heterocycles. The van der Waals surface area contributed by atoms with Crippen LogP contribution in [-0.4, -0.2) is 73.8 Å². The van der Waals surface area contributed by atoms with Gasteiger partial charge in [-0.2, -0.15) is 13.2 Å². The van der Waals surface area contributed by atoms with Crippen LogP contribution in [0.5, 0.6) is 0 Å². The molecule has 0 bridgehead atoms. The number of carbonyl (C=O) groups excluding carboxylic acids is 4. The van der Waals surface area contributed by atoms with Crippen LogP contribution in [-0.2, 0) is 47.6 Å². The third kappa shape index (κ3) is 7.67. The number of aliphatic imine (C=N–C) groups is 1. The Labute approximate surface area is 197 Å². The Morgan fingerprint density at radius 1 is 0.829 bits per heavy atom. The van der Waals surface area contributed by atoms with Gasteiger partial charge in [0.05, 0.1) is 12.8 Å². The van der Waals surface area contributed by atoms with E-state index in [0.29, 0.717) is 0 Å². The van der Waals surface area contributed by atoms with Crippen LogP contribution in [0.15, 0.2) is 35.3 Å². The molecule has 11 nitrogen and oxygen atoms in total. The largest absolute Gasteiger partial charge is 0.468 e. The van der Waals surface area contributed by atoms with Crippen molar-refractivity contribution in [3.05, 3.63) is 30.3 Å². The normalized spacial score (nSPS) is 24.7. The zero-order chi connectivity index (χ0) is 26.3. The number of alkyl halides is 3. The first-order valence-electron chi connectivity index (χ1n) is 9.96. The second-order valence-corrected chi connectivity index (χ2v) is 7.04. The molecule has 1 aliphatic heterocycles. The van der Waals surface area contributed by atoms with Gasteiger partial charge in [0.1, 0.15) is 0 Å². The molecule has 1 fully saturated rings. The molecule has 1 aromatic rings. The molecule has 1 aromatic carbocycles. The van der Waals surface area contributed by atoms with Gasteiger partial charge in [0.2, 0.25) is 12.4 Å². The summed E-state index contributed by atoms with van der Waals surface area (Å²) in [6, 6.07) is 6.93. The van der Waals surface area contributed by atoms with Crippen LogP contribution >= 0.6 is 0 Å². The number of hydrogen-bond acceptors (Lipinski definition) is 11. The molecule has 5 atom stereocenters. The minimum Gasteiger partial charge on any atom is -0.467 e. The van der Waals surface area contributed by atoms with E-state index in [0.717, 1.165) is 27.9 Å². The number of carbonyl (C=O) groups is 4. The van der Waals surface area contributed by atoms with E-state index in [9.17, 15) is 32.3 Å². The Bertz CT molecular complexity index is 966. The molecule has 1 aliphatic rings. The van der Waals surface area contributed by atoms with Crippen LogP contribution in [0.4, 0.5) is 18.9 Å². The van der Waals surface area contributed by atoms with Crippen molar-refractivity contribution in [1.29, 1.82) is 0 Å². The molecule has 0 N–H and O–H groups in total. The Kier molecular flexibility index (Phi) is 9.17. The number of ether oxygens (including phenoxy) is 6. The summed E-state index contributed by atoms with van der Waals surface area (Å²) in [5, 5.41) is 0. The number of nitrogens with zero attached hydrogens (tertiary/aromatic N) is 1. The van der Waals surface area contributed by atoms with E-state index < -0.39 is 66.7 Å². The molecule has 0 spiro atoms. The van der Waals surface area contributed by atoms with Crippen LogP contribution in [0, 0.1) is 0 Å². The van der Waals surface area contributed by atoms with Gasteiger partial charge in [-0.25, -0.2) is 9.79 Å². The monoisotopic (exact) mass is 505 g/mol. The average Bonchev–Trinajstić information content (AvgIpc) is 2.75. The minimum atomic E-state index is -5.16. The Hall–Kier alpha value is -3.68. The lowest BCUT2D eigenvalue weighted by atomic mass is 9.97. The molecule has 0 radical (unpaired) electrons. The van der Waals surface area contributed by atoms with E-state index >= 15 is 0 Å². The molecule has 0 saturated carbocycles. The molecular weight excluding hydrogens is 483 g/mol. The van der Waals surface area contributed by atoms with Gasteiger partial charge in [0, 0.05) is 20.8 Å². The van der Waals surface area contributed by atoms with Crippen LogP contribution in [0.2, 0.25) is 0 Å². The van der Waals surface area contributed by atoms with Crippen molar-refractivity contribution in [1.82, 2.24) is 0 Å². The maximum absolute atomic E-state index is 13.8. The van der Waals surface area contributed by atoms with Crippen molar-refractivity contribution in [3.63, 3.8) is 0 Å². The van der Waals surface area contributed by atoms with Crippen molar-refractivity contribution >= 4 is 35.5 Å². The van der Waals surface area contributed by atoms with Crippen molar-refractivity contribution in [2.75, 3.05) is 7.11 Å². The predicted molar refractivity (Wildman–Crippen MR) is 108 cm³/mol. The Balaban J connectivity index is 2.59. The molecule has 0 aromatic heterocycles. The summed E-state index contributed by atoms with van der Waals surface area (Å²) >= 11 is 0. The summed E-state index contributed by atoms with van der Waals surface area (Å²) in [5.74, 6) is -6.01. The zero-order valence-corrected chi connectivity index (χ0v) is 18.9. The summed E-state index contributed by atoms with van der Waals surface area (Å²) in [7, 11) is 0.934. The molecule has 0 unspecified atom stereocenters. The Morgan fingerprint density at radius 3 is 1.83 bits per heavy atom. The topological polar surface area (TPSA) is 136 Å². The van der Waals surface area contributed by atoms with Gasteiger partial charge in [-0.15, -0.1) is 0 Å². The molecule has 0 amide bonds. The molecule has 14 heteroatoms. The number of hydrogen-bond donors (Lipinski definition) is 0. The number of rotatable bonds is 6. The molecule has 35 heavy (non-hydrogen) atoms.